The van der Waals surface area contributed by atoms with E-state index in [9.17, 15) is 4.79 Å². The zero-order valence-corrected chi connectivity index (χ0v) is 14.0. The minimum atomic E-state index is 0.160. The van der Waals surface area contributed by atoms with Crippen LogP contribution in [0.15, 0.2) is 28.8 Å². The summed E-state index contributed by atoms with van der Waals surface area (Å²) in [6.45, 7) is 3.02. The first-order chi connectivity index (χ1) is 11.7. The van der Waals surface area contributed by atoms with Crippen LogP contribution < -0.4 is 15.0 Å². The van der Waals surface area contributed by atoms with Crippen molar-refractivity contribution < 1.29 is 14.1 Å². The van der Waals surface area contributed by atoms with E-state index in [4.69, 9.17) is 9.26 Å². The Hall–Kier alpha value is -2.41. The van der Waals surface area contributed by atoms with Crippen molar-refractivity contribution in [3.05, 3.63) is 36.0 Å². The fourth-order valence-corrected chi connectivity index (χ4v) is 2.62. The number of anilines is 1. The lowest BCUT2D eigenvalue weighted by molar-refractivity contribution is -0.117. The maximum atomic E-state index is 11.8. The molecule has 7 heteroatoms. The van der Waals surface area contributed by atoms with Crippen LogP contribution in [0.5, 0.6) is 5.75 Å². The second-order valence-corrected chi connectivity index (χ2v) is 5.93. The first-order valence-electron chi connectivity index (χ1n) is 8.17. The summed E-state index contributed by atoms with van der Waals surface area (Å²) < 4.78 is 10.9. The van der Waals surface area contributed by atoms with E-state index in [1.807, 2.05) is 31.3 Å². The van der Waals surface area contributed by atoms with E-state index in [0.717, 1.165) is 18.7 Å². The van der Waals surface area contributed by atoms with Crippen LogP contribution in [0.3, 0.4) is 0 Å². The largest absolute Gasteiger partial charge is 0.484 e. The first-order valence-corrected chi connectivity index (χ1v) is 8.17. The van der Waals surface area contributed by atoms with Gasteiger partial charge in [0.2, 0.25) is 5.91 Å². The number of hydrogen-bond acceptors (Lipinski definition) is 6. The number of nitrogens with one attached hydrogen (secondary N) is 1. The maximum Gasteiger partial charge on any atom is 0.264 e. The van der Waals surface area contributed by atoms with Crippen molar-refractivity contribution in [2.24, 2.45) is 0 Å². The molecule has 1 atom stereocenters. The fraction of sp³-hybridized carbons (Fsp3) is 0.471. The predicted octanol–water partition coefficient (Wildman–Crippen LogP) is 1.93. The van der Waals surface area contributed by atoms with Crippen LogP contribution in [-0.4, -0.2) is 35.7 Å². The topological polar surface area (TPSA) is 80.5 Å². The van der Waals surface area contributed by atoms with Gasteiger partial charge in [0.05, 0.1) is 0 Å². The lowest BCUT2D eigenvalue weighted by Crippen LogP contribution is -2.24. The van der Waals surface area contributed by atoms with E-state index < -0.39 is 0 Å². The van der Waals surface area contributed by atoms with Gasteiger partial charge in [0, 0.05) is 37.2 Å². The number of rotatable bonds is 7. The highest BCUT2D eigenvalue weighted by Gasteiger charge is 2.21. The highest BCUT2D eigenvalue weighted by Crippen LogP contribution is 2.25. The summed E-state index contributed by atoms with van der Waals surface area (Å²) in [5.41, 5.74) is 0.865. The van der Waals surface area contributed by atoms with Crippen molar-refractivity contribution in [2.75, 3.05) is 18.5 Å². The van der Waals surface area contributed by atoms with Crippen LogP contribution in [0.25, 0.3) is 0 Å². The Kier molecular flexibility index (Phi) is 5.10. The van der Waals surface area contributed by atoms with Gasteiger partial charge in [-0.3, -0.25) is 4.79 Å². The van der Waals surface area contributed by atoms with Gasteiger partial charge in [-0.15, -0.1) is 0 Å². The number of carbonyl (C=O) groups is 1. The molecule has 128 valence electrons. The van der Waals surface area contributed by atoms with Crippen LogP contribution in [0.2, 0.25) is 0 Å². The van der Waals surface area contributed by atoms with Gasteiger partial charge in [-0.1, -0.05) is 11.2 Å². The van der Waals surface area contributed by atoms with Crippen molar-refractivity contribution in [2.45, 2.75) is 38.8 Å². The molecule has 1 aliphatic heterocycles. The SMILES string of the molecule is CNC(C)Cc1noc(COc2cccc(N3CCCC3=O)c2)n1. The maximum absolute atomic E-state index is 11.8. The zero-order chi connectivity index (χ0) is 16.9. The molecular formula is C17H22N4O3. The van der Waals surface area contributed by atoms with Gasteiger partial charge < -0.3 is 19.5 Å². The standard InChI is InChI=1S/C17H22N4O3/c1-12(18-2)9-15-19-16(24-20-15)11-23-14-6-3-5-13(10-14)21-8-4-7-17(21)22/h3,5-6,10,12,18H,4,7-9,11H2,1-2H3. The molecule has 1 fully saturated rings. The molecule has 0 aliphatic carbocycles. The van der Waals surface area contributed by atoms with Gasteiger partial charge >= 0.3 is 0 Å². The van der Waals surface area contributed by atoms with Gasteiger partial charge in [-0.05, 0) is 32.5 Å². The minimum Gasteiger partial charge on any atom is -0.484 e. The molecule has 1 unspecified atom stereocenters. The molecule has 24 heavy (non-hydrogen) atoms. The number of carbonyl (C=O) groups excluding carboxylic acids is 1. The van der Waals surface area contributed by atoms with E-state index >= 15 is 0 Å². The molecular weight excluding hydrogens is 308 g/mol. The third-order valence-electron chi connectivity index (χ3n) is 4.06. The molecule has 1 aromatic heterocycles. The second-order valence-electron chi connectivity index (χ2n) is 5.93. The average Bonchev–Trinajstić information content (AvgIpc) is 3.22. The Morgan fingerprint density at radius 1 is 1.46 bits per heavy atom. The van der Waals surface area contributed by atoms with Crippen LogP contribution in [-0.2, 0) is 17.8 Å². The summed E-state index contributed by atoms with van der Waals surface area (Å²) in [7, 11) is 1.90. The second kappa shape index (κ2) is 7.44. The molecule has 2 aromatic rings. The summed E-state index contributed by atoms with van der Waals surface area (Å²) in [5, 5.41) is 7.08. The van der Waals surface area contributed by atoms with Crippen molar-refractivity contribution in [3.63, 3.8) is 0 Å². The third kappa shape index (κ3) is 3.91. The lowest BCUT2D eigenvalue weighted by Gasteiger charge is -2.16. The van der Waals surface area contributed by atoms with Crippen molar-refractivity contribution in [3.8, 4) is 5.75 Å². The summed E-state index contributed by atoms with van der Waals surface area (Å²) in [5.74, 6) is 1.94. The number of aromatic nitrogens is 2. The zero-order valence-electron chi connectivity index (χ0n) is 14.0. The van der Waals surface area contributed by atoms with Crippen LogP contribution >= 0.6 is 0 Å². The summed E-state index contributed by atoms with van der Waals surface area (Å²) >= 11 is 0. The van der Waals surface area contributed by atoms with E-state index in [2.05, 4.69) is 22.4 Å². The lowest BCUT2D eigenvalue weighted by atomic mass is 10.2. The van der Waals surface area contributed by atoms with Crippen LogP contribution in [0.1, 0.15) is 31.5 Å². The van der Waals surface area contributed by atoms with Gasteiger partial charge in [-0.2, -0.15) is 4.98 Å². The first kappa shape index (κ1) is 16.4. The minimum absolute atomic E-state index is 0.160. The fourth-order valence-electron chi connectivity index (χ4n) is 2.62. The normalized spacial score (nSPS) is 15.8. The summed E-state index contributed by atoms with van der Waals surface area (Å²) in [4.78, 5) is 17.9. The number of likely N-dealkylation sites (N-methyl/N-ethyl adjacent to an activating group) is 1. The number of nitrogens with zero attached hydrogens (tertiary/aromatic N) is 3. The molecule has 7 nitrogen and oxygen atoms in total. The number of benzene rings is 1. The summed E-state index contributed by atoms with van der Waals surface area (Å²) in [6.07, 6.45) is 2.22. The van der Waals surface area contributed by atoms with Gasteiger partial charge in [0.15, 0.2) is 12.4 Å². The Morgan fingerprint density at radius 3 is 3.08 bits per heavy atom. The molecule has 0 spiro atoms. The Bertz CT molecular complexity index is 701. The van der Waals surface area contributed by atoms with Crippen molar-refractivity contribution in [1.29, 1.82) is 0 Å². The van der Waals surface area contributed by atoms with E-state index in [0.29, 0.717) is 30.3 Å². The van der Waals surface area contributed by atoms with Gasteiger partial charge in [0.25, 0.3) is 5.89 Å². The Balaban J connectivity index is 1.60. The molecule has 1 saturated heterocycles. The third-order valence-corrected chi connectivity index (χ3v) is 4.06. The van der Waals surface area contributed by atoms with Gasteiger partial charge in [-0.25, -0.2) is 0 Å². The Morgan fingerprint density at radius 2 is 2.33 bits per heavy atom. The summed E-state index contributed by atoms with van der Waals surface area (Å²) in [6, 6.07) is 7.80. The highest BCUT2D eigenvalue weighted by atomic mass is 16.5. The van der Waals surface area contributed by atoms with Crippen molar-refractivity contribution in [1.82, 2.24) is 15.5 Å². The molecule has 1 aliphatic rings. The molecule has 2 heterocycles. The number of ether oxygens (including phenoxy) is 1. The van der Waals surface area contributed by atoms with Crippen LogP contribution in [0.4, 0.5) is 5.69 Å². The van der Waals surface area contributed by atoms with Crippen LogP contribution in [0, 0.1) is 0 Å². The molecule has 0 bridgehead atoms. The number of amides is 1. The average molecular weight is 330 g/mol. The molecule has 1 N–H and O–H groups in total. The van der Waals surface area contributed by atoms with E-state index in [-0.39, 0.29) is 18.6 Å². The molecule has 1 aromatic carbocycles. The monoisotopic (exact) mass is 330 g/mol. The number of hydrogen-bond donors (Lipinski definition) is 1. The molecule has 3 rings (SSSR count). The molecule has 0 radical (unpaired) electrons. The molecule has 1 amide bonds. The van der Waals surface area contributed by atoms with Crippen molar-refractivity contribution >= 4 is 11.6 Å². The van der Waals surface area contributed by atoms with E-state index in [1.165, 1.54) is 0 Å². The molecule has 0 saturated carbocycles. The smallest absolute Gasteiger partial charge is 0.264 e. The highest BCUT2D eigenvalue weighted by molar-refractivity contribution is 5.95. The van der Waals surface area contributed by atoms with E-state index in [1.54, 1.807) is 4.90 Å². The van der Waals surface area contributed by atoms with Gasteiger partial charge in [0.1, 0.15) is 5.75 Å². The Labute approximate surface area is 141 Å². The predicted molar refractivity (Wildman–Crippen MR) is 88.9 cm³/mol. The quantitative estimate of drug-likeness (QED) is 0.835.